The molecule has 0 spiro atoms. The molecule has 3 aromatic rings. The molecule has 4 heteroatoms. The van der Waals surface area contributed by atoms with Crippen LogP contribution in [0, 0.1) is 0 Å². The van der Waals surface area contributed by atoms with Crippen molar-refractivity contribution in [2.24, 2.45) is 0 Å². The van der Waals surface area contributed by atoms with Crippen LogP contribution in [0.5, 0.6) is 0 Å². The van der Waals surface area contributed by atoms with Crippen LogP contribution in [-0.2, 0) is 6.42 Å². The molecular formula is C16H12Cl2O2. The van der Waals surface area contributed by atoms with Crippen molar-refractivity contribution >= 4 is 34.2 Å². The van der Waals surface area contributed by atoms with E-state index in [0.717, 1.165) is 10.9 Å². The van der Waals surface area contributed by atoms with E-state index in [1.54, 1.807) is 12.1 Å². The number of halogens is 2. The van der Waals surface area contributed by atoms with Gasteiger partial charge in [0.25, 0.3) is 0 Å². The monoisotopic (exact) mass is 306 g/mol. The van der Waals surface area contributed by atoms with Gasteiger partial charge >= 0.3 is 0 Å². The van der Waals surface area contributed by atoms with Gasteiger partial charge in [-0.1, -0.05) is 53.5 Å². The fourth-order valence-electron chi connectivity index (χ4n) is 2.18. The minimum Gasteiger partial charge on any atom is -0.457 e. The van der Waals surface area contributed by atoms with Gasteiger partial charge in [0.2, 0.25) is 0 Å². The van der Waals surface area contributed by atoms with Crippen LogP contribution in [0.4, 0.5) is 0 Å². The molecule has 2 nitrogen and oxygen atoms in total. The smallest absolute Gasteiger partial charge is 0.152 e. The standard InChI is InChI=1S/C16H12Cl2O2/c17-12-6-2-1-4-10(12)8-14(19)15-9-11-5-3-7-13(18)16(11)20-15/h1-7,9,14,19H,8H2. The Morgan fingerprint density at radius 2 is 1.75 bits per heavy atom. The molecule has 20 heavy (non-hydrogen) atoms. The van der Waals surface area contributed by atoms with Gasteiger partial charge in [-0.15, -0.1) is 0 Å². The molecule has 1 heterocycles. The van der Waals surface area contributed by atoms with Crippen LogP contribution >= 0.6 is 23.2 Å². The van der Waals surface area contributed by atoms with Crippen LogP contribution in [0.15, 0.2) is 52.9 Å². The molecule has 1 atom stereocenters. The molecule has 0 radical (unpaired) electrons. The van der Waals surface area contributed by atoms with E-state index >= 15 is 0 Å². The molecule has 0 saturated carbocycles. The number of furan rings is 1. The fourth-order valence-corrected chi connectivity index (χ4v) is 2.62. The topological polar surface area (TPSA) is 33.4 Å². The Labute approximate surface area is 126 Å². The predicted molar refractivity (Wildman–Crippen MR) is 81.3 cm³/mol. The molecule has 1 unspecified atom stereocenters. The van der Waals surface area contributed by atoms with Crippen LogP contribution in [0.25, 0.3) is 11.0 Å². The Hall–Kier alpha value is -1.48. The third kappa shape index (κ3) is 2.55. The number of aliphatic hydroxyl groups excluding tert-OH is 1. The maximum absolute atomic E-state index is 10.3. The number of aliphatic hydroxyl groups is 1. The highest BCUT2D eigenvalue weighted by Gasteiger charge is 2.16. The summed E-state index contributed by atoms with van der Waals surface area (Å²) in [7, 11) is 0. The van der Waals surface area contributed by atoms with E-state index in [4.69, 9.17) is 27.6 Å². The lowest BCUT2D eigenvalue weighted by molar-refractivity contribution is 0.152. The van der Waals surface area contributed by atoms with Crippen LogP contribution in [0.3, 0.4) is 0 Å². The summed E-state index contributed by atoms with van der Waals surface area (Å²) in [6, 6.07) is 14.8. The Bertz CT molecular complexity index is 749. The Morgan fingerprint density at radius 1 is 1.00 bits per heavy atom. The predicted octanol–water partition coefficient (Wildman–Crippen LogP) is 5.02. The first-order chi connectivity index (χ1) is 9.65. The highest BCUT2D eigenvalue weighted by atomic mass is 35.5. The van der Waals surface area contributed by atoms with Gasteiger partial charge in [-0.3, -0.25) is 0 Å². The maximum Gasteiger partial charge on any atom is 0.152 e. The highest BCUT2D eigenvalue weighted by Crippen LogP contribution is 2.31. The summed E-state index contributed by atoms with van der Waals surface area (Å²) < 4.78 is 5.65. The largest absolute Gasteiger partial charge is 0.457 e. The van der Waals surface area contributed by atoms with Gasteiger partial charge in [-0.25, -0.2) is 0 Å². The number of fused-ring (bicyclic) bond motifs is 1. The average Bonchev–Trinajstić information content (AvgIpc) is 2.87. The zero-order chi connectivity index (χ0) is 14.1. The van der Waals surface area contributed by atoms with Gasteiger partial charge in [0, 0.05) is 16.8 Å². The molecule has 0 aliphatic carbocycles. The van der Waals surface area contributed by atoms with Crippen molar-refractivity contribution in [3.05, 3.63) is 69.9 Å². The van der Waals surface area contributed by atoms with Crippen molar-refractivity contribution in [2.45, 2.75) is 12.5 Å². The van der Waals surface area contributed by atoms with Crippen LogP contribution < -0.4 is 0 Å². The molecule has 0 fully saturated rings. The van der Waals surface area contributed by atoms with E-state index in [0.29, 0.717) is 27.8 Å². The van der Waals surface area contributed by atoms with Gasteiger partial charge in [0.1, 0.15) is 11.9 Å². The Balaban J connectivity index is 1.91. The lowest BCUT2D eigenvalue weighted by atomic mass is 10.1. The minimum atomic E-state index is -0.752. The van der Waals surface area contributed by atoms with Crippen LogP contribution in [-0.4, -0.2) is 5.11 Å². The first-order valence-corrected chi connectivity index (χ1v) is 7.00. The maximum atomic E-state index is 10.3. The quantitative estimate of drug-likeness (QED) is 0.737. The molecule has 0 aliphatic rings. The summed E-state index contributed by atoms with van der Waals surface area (Å²) in [5.74, 6) is 0.494. The van der Waals surface area contributed by atoms with Crippen molar-refractivity contribution in [2.75, 3.05) is 0 Å². The lowest BCUT2D eigenvalue weighted by Crippen LogP contribution is -2.00. The molecule has 0 amide bonds. The highest BCUT2D eigenvalue weighted by molar-refractivity contribution is 6.34. The molecule has 0 aliphatic heterocycles. The van der Waals surface area contributed by atoms with E-state index in [2.05, 4.69) is 0 Å². The first kappa shape index (κ1) is 13.5. The van der Waals surface area contributed by atoms with E-state index in [-0.39, 0.29) is 0 Å². The Kier molecular flexibility index (Phi) is 3.70. The molecule has 3 rings (SSSR count). The third-order valence-corrected chi connectivity index (χ3v) is 3.88. The summed E-state index contributed by atoms with van der Waals surface area (Å²) in [4.78, 5) is 0. The fraction of sp³-hybridized carbons (Fsp3) is 0.125. The van der Waals surface area contributed by atoms with Gasteiger partial charge < -0.3 is 9.52 Å². The second kappa shape index (κ2) is 5.49. The van der Waals surface area contributed by atoms with Crippen molar-refractivity contribution in [3.63, 3.8) is 0 Å². The number of benzene rings is 2. The molecule has 102 valence electrons. The second-order valence-corrected chi connectivity index (χ2v) is 5.43. The third-order valence-electron chi connectivity index (χ3n) is 3.21. The van der Waals surface area contributed by atoms with Crippen molar-refractivity contribution in [1.29, 1.82) is 0 Å². The van der Waals surface area contributed by atoms with Gasteiger partial charge in [-0.05, 0) is 23.8 Å². The summed E-state index contributed by atoms with van der Waals surface area (Å²) >= 11 is 12.2. The van der Waals surface area contributed by atoms with E-state index < -0.39 is 6.10 Å². The molecule has 2 aromatic carbocycles. The van der Waals surface area contributed by atoms with Gasteiger partial charge in [-0.2, -0.15) is 0 Å². The van der Waals surface area contributed by atoms with Crippen molar-refractivity contribution in [3.8, 4) is 0 Å². The average molecular weight is 307 g/mol. The first-order valence-electron chi connectivity index (χ1n) is 6.24. The molecule has 1 N–H and O–H groups in total. The summed E-state index contributed by atoms with van der Waals surface area (Å²) in [5.41, 5.74) is 1.48. The second-order valence-electron chi connectivity index (χ2n) is 4.62. The zero-order valence-corrected chi connectivity index (χ0v) is 12.0. The lowest BCUT2D eigenvalue weighted by Gasteiger charge is -2.08. The zero-order valence-electron chi connectivity index (χ0n) is 10.5. The number of hydrogen-bond acceptors (Lipinski definition) is 2. The number of rotatable bonds is 3. The normalized spacial score (nSPS) is 12.8. The molecule has 0 saturated heterocycles. The Morgan fingerprint density at radius 3 is 2.50 bits per heavy atom. The number of hydrogen-bond donors (Lipinski definition) is 1. The van der Waals surface area contributed by atoms with E-state index in [9.17, 15) is 5.11 Å². The summed E-state index contributed by atoms with van der Waals surface area (Å²) in [6.45, 7) is 0. The molecule has 0 bridgehead atoms. The van der Waals surface area contributed by atoms with E-state index in [1.165, 1.54) is 0 Å². The molecule has 1 aromatic heterocycles. The van der Waals surface area contributed by atoms with Crippen molar-refractivity contribution in [1.82, 2.24) is 0 Å². The van der Waals surface area contributed by atoms with Gasteiger partial charge in [0.15, 0.2) is 5.58 Å². The van der Waals surface area contributed by atoms with Crippen LogP contribution in [0.2, 0.25) is 10.0 Å². The number of para-hydroxylation sites is 1. The van der Waals surface area contributed by atoms with Gasteiger partial charge in [0.05, 0.1) is 5.02 Å². The molecular weight excluding hydrogens is 295 g/mol. The summed E-state index contributed by atoms with van der Waals surface area (Å²) in [6.07, 6.45) is -0.352. The summed E-state index contributed by atoms with van der Waals surface area (Å²) in [5, 5.41) is 12.4. The minimum absolute atomic E-state index is 0.400. The van der Waals surface area contributed by atoms with Crippen molar-refractivity contribution < 1.29 is 9.52 Å². The van der Waals surface area contributed by atoms with E-state index in [1.807, 2.05) is 36.4 Å². The SMILES string of the molecule is OC(Cc1ccccc1Cl)c1cc2cccc(Cl)c2o1. The van der Waals surface area contributed by atoms with Crippen LogP contribution in [0.1, 0.15) is 17.4 Å².